The Bertz CT molecular complexity index is 681. The lowest BCUT2D eigenvalue weighted by Gasteiger charge is -2.35. The Balaban J connectivity index is 1.75. The highest BCUT2D eigenvalue weighted by molar-refractivity contribution is 6.04. The number of cyclic esters (lactones) is 1. The van der Waals surface area contributed by atoms with Crippen molar-refractivity contribution in [1.82, 2.24) is 15.0 Å². The fourth-order valence-corrected chi connectivity index (χ4v) is 3.17. The molecule has 2 saturated heterocycles. The van der Waals surface area contributed by atoms with Crippen molar-refractivity contribution in [1.29, 1.82) is 0 Å². The van der Waals surface area contributed by atoms with Crippen LogP contribution in [-0.2, 0) is 14.3 Å². The van der Waals surface area contributed by atoms with Crippen molar-refractivity contribution in [3.63, 3.8) is 0 Å². The van der Waals surface area contributed by atoms with Gasteiger partial charge in [-0.2, -0.15) is 0 Å². The molecule has 0 bridgehead atoms. The van der Waals surface area contributed by atoms with E-state index in [4.69, 9.17) is 9.26 Å². The van der Waals surface area contributed by atoms with E-state index >= 15 is 0 Å². The van der Waals surface area contributed by atoms with Crippen LogP contribution in [0.2, 0.25) is 0 Å². The highest BCUT2D eigenvalue weighted by Crippen LogP contribution is 2.31. The average molecular weight is 335 g/mol. The minimum atomic E-state index is -1.22. The van der Waals surface area contributed by atoms with Crippen LogP contribution in [0.15, 0.2) is 10.6 Å². The number of ether oxygens (including phenoxy) is 1. The number of carbonyl (C=O) groups excluding carboxylic acids is 3. The number of hydrogen-bond donors (Lipinski definition) is 0. The van der Waals surface area contributed by atoms with Gasteiger partial charge in [0.1, 0.15) is 18.0 Å². The second-order valence-corrected chi connectivity index (χ2v) is 6.73. The lowest BCUT2D eigenvalue weighted by Crippen LogP contribution is -2.47. The number of rotatable bonds is 3. The first-order valence-electron chi connectivity index (χ1n) is 8.07. The Morgan fingerprint density at radius 2 is 2.12 bits per heavy atom. The molecule has 8 nitrogen and oxygen atoms in total. The molecule has 0 unspecified atom stereocenters. The van der Waals surface area contributed by atoms with Crippen LogP contribution < -0.4 is 0 Å². The molecule has 24 heavy (non-hydrogen) atoms. The van der Waals surface area contributed by atoms with E-state index in [1.54, 1.807) is 11.8 Å². The molecular weight excluding hydrogens is 314 g/mol. The van der Waals surface area contributed by atoms with E-state index in [0.717, 1.165) is 24.2 Å². The maximum Gasteiger partial charge on any atom is 0.418 e. The molecule has 0 saturated carbocycles. The van der Waals surface area contributed by atoms with Crippen LogP contribution in [0.1, 0.15) is 50.6 Å². The molecule has 1 atom stereocenters. The van der Waals surface area contributed by atoms with Gasteiger partial charge in [0.15, 0.2) is 5.60 Å². The fourth-order valence-electron chi connectivity index (χ4n) is 3.17. The zero-order valence-electron chi connectivity index (χ0n) is 14.1. The van der Waals surface area contributed by atoms with Gasteiger partial charge in [0.05, 0.1) is 6.04 Å². The molecule has 1 aromatic heterocycles. The average Bonchev–Trinajstić information content (AvgIpc) is 3.04. The van der Waals surface area contributed by atoms with Gasteiger partial charge >= 0.3 is 6.09 Å². The molecule has 0 spiro atoms. The predicted molar refractivity (Wildman–Crippen MR) is 81.8 cm³/mol. The minimum absolute atomic E-state index is 0.189. The van der Waals surface area contributed by atoms with Crippen LogP contribution in [0.3, 0.4) is 0 Å². The summed E-state index contributed by atoms with van der Waals surface area (Å²) in [6.07, 6.45) is 1.87. The summed E-state index contributed by atoms with van der Waals surface area (Å²) in [6, 6.07) is 1.62. The summed E-state index contributed by atoms with van der Waals surface area (Å²) in [5.74, 6) is -0.0990. The quantitative estimate of drug-likeness (QED) is 0.836. The van der Waals surface area contributed by atoms with Crippen molar-refractivity contribution >= 4 is 17.9 Å². The van der Waals surface area contributed by atoms with Gasteiger partial charge in [-0.3, -0.25) is 9.59 Å². The molecule has 0 aromatic carbocycles. The third-order valence-corrected chi connectivity index (χ3v) is 4.43. The highest BCUT2D eigenvalue weighted by Gasteiger charge is 2.48. The Kier molecular flexibility index (Phi) is 4.06. The molecule has 130 valence electrons. The van der Waals surface area contributed by atoms with Gasteiger partial charge in [-0.25, -0.2) is 9.69 Å². The van der Waals surface area contributed by atoms with E-state index in [1.165, 1.54) is 13.8 Å². The Hall–Kier alpha value is -2.38. The third-order valence-electron chi connectivity index (χ3n) is 4.43. The van der Waals surface area contributed by atoms with E-state index in [0.29, 0.717) is 18.0 Å². The topological polar surface area (TPSA) is 93.0 Å². The Morgan fingerprint density at radius 3 is 2.71 bits per heavy atom. The maximum atomic E-state index is 12.7. The standard InChI is InChI=1S/C16H21N3O5/c1-10-8-11(17-24-10)12-6-4-5-7-18(12)13(20)9-19-14(21)16(2,3)23-15(19)22/h8,12H,4-7,9H2,1-3H3/t12-/m1/s1. The van der Waals surface area contributed by atoms with Crippen molar-refractivity contribution in [3.8, 4) is 0 Å². The zero-order chi connectivity index (χ0) is 17.5. The first-order chi connectivity index (χ1) is 11.3. The Morgan fingerprint density at radius 1 is 1.38 bits per heavy atom. The number of aromatic nitrogens is 1. The second kappa shape index (κ2) is 5.92. The molecule has 0 N–H and O–H groups in total. The van der Waals surface area contributed by atoms with Gasteiger partial charge in [-0.1, -0.05) is 5.16 Å². The van der Waals surface area contributed by atoms with Crippen LogP contribution in [0, 0.1) is 6.92 Å². The van der Waals surface area contributed by atoms with Crippen LogP contribution in [0.25, 0.3) is 0 Å². The minimum Gasteiger partial charge on any atom is -0.433 e. The Labute approximate surface area is 139 Å². The largest absolute Gasteiger partial charge is 0.433 e. The number of aryl methyl sites for hydroxylation is 1. The van der Waals surface area contributed by atoms with Crippen LogP contribution in [0.5, 0.6) is 0 Å². The molecule has 2 aliphatic heterocycles. The van der Waals surface area contributed by atoms with Crippen molar-refractivity contribution in [2.24, 2.45) is 0 Å². The van der Waals surface area contributed by atoms with Crippen molar-refractivity contribution in [2.75, 3.05) is 13.1 Å². The molecule has 3 rings (SSSR count). The van der Waals surface area contributed by atoms with Crippen LogP contribution in [0.4, 0.5) is 4.79 Å². The van der Waals surface area contributed by atoms with Gasteiger partial charge in [0.2, 0.25) is 5.91 Å². The molecule has 0 radical (unpaired) electrons. The summed E-state index contributed by atoms with van der Waals surface area (Å²) in [7, 11) is 0. The van der Waals surface area contributed by atoms with E-state index in [2.05, 4.69) is 5.16 Å². The van der Waals surface area contributed by atoms with Gasteiger partial charge < -0.3 is 14.2 Å². The molecule has 0 aliphatic carbocycles. The molecule has 3 amide bonds. The maximum absolute atomic E-state index is 12.7. The monoisotopic (exact) mass is 335 g/mol. The summed E-state index contributed by atoms with van der Waals surface area (Å²) in [5.41, 5.74) is -0.516. The molecule has 1 aromatic rings. The lowest BCUT2D eigenvalue weighted by molar-refractivity contribution is -0.142. The lowest BCUT2D eigenvalue weighted by atomic mass is 9.99. The zero-order valence-corrected chi connectivity index (χ0v) is 14.1. The van der Waals surface area contributed by atoms with E-state index in [9.17, 15) is 14.4 Å². The molecule has 2 aliphatic rings. The summed E-state index contributed by atoms with van der Waals surface area (Å²) in [4.78, 5) is 39.3. The van der Waals surface area contributed by atoms with Crippen molar-refractivity contribution in [2.45, 2.75) is 51.7 Å². The first kappa shape index (κ1) is 16.5. The third kappa shape index (κ3) is 2.88. The van der Waals surface area contributed by atoms with Gasteiger partial charge in [-0.05, 0) is 40.0 Å². The number of imide groups is 1. The SMILES string of the molecule is Cc1cc([C@H]2CCCCN2C(=O)CN2C(=O)OC(C)(C)C2=O)no1. The summed E-state index contributed by atoms with van der Waals surface area (Å²) >= 11 is 0. The van der Waals surface area contributed by atoms with Gasteiger partial charge in [-0.15, -0.1) is 0 Å². The summed E-state index contributed by atoms with van der Waals surface area (Å²) in [6.45, 7) is 5.08. The molecule has 8 heteroatoms. The number of piperidine rings is 1. The normalized spacial score (nSPS) is 23.5. The van der Waals surface area contributed by atoms with E-state index in [1.807, 2.05) is 6.07 Å². The smallest absolute Gasteiger partial charge is 0.418 e. The highest BCUT2D eigenvalue weighted by atomic mass is 16.6. The molecular formula is C16H21N3O5. The van der Waals surface area contributed by atoms with Crippen molar-refractivity contribution in [3.05, 3.63) is 17.5 Å². The fraction of sp³-hybridized carbons (Fsp3) is 0.625. The first-order valence-corrected chi connectivity index (χ1v) is 8.07. The number of hydrogen-bond acceptors (Lipinski definition) is 6. The number of amides is 3. The van der Waals surface area contributed by atoms with Gasteiger partial charge in [0, 0.05) is 12.6 Å². The number of carbonyl (C=O) groups is 3. The summed E-state index contributed by atoms with van der Waals surface area (Å²) < 4.78 is 10.1. The van der Waals surface area contributed by atoms with Crippen LogP contribution >= 0.6 is 0 Å². The van der Waals surface area contributed by atoms with E-state index in [-0.39, 0.29) is 18.5 Å². The molecule has 2 fully saturated rings. The second-order valence-electron chi connectivity index (χ2n) is 6.73. The summed E-state index contributed by atoms with van der Waals surface area (Å²) in [5, 5.41) is 4.02. The van der Waals surface area contributed by atoms with E-state index < -0.39 is 17.6 Å². The molecule has 3 heterocycles. The van der Waals surface area contributed by atoms with Crippen molar-refractivity contribution < 1.29 is 23.6 Å². The number of likely N-dealkylation sites (tertiary alicyclic amines) is 1. The number of nitrogens with zero attached hydrogens (tertiary/aromatic N) is 3. The van der Waals surface area contributed by atoms with Crippen LogP contribution in [-0.4, -0.2) is 51.6 Å². The predicted octanol–water partition coefficient (Wildman–Crippen LogP) is 1.79. The van der Waals surface area contributed by atoms with Gasteiger partial charge in [0.25, 0.3) is 5.91 Å².